The van der Waals surface area contributed by atoms with Gasteiger partial charge in [0.1, 0.15) is 17.8 Å². The zero-order valence-corrected chi connectivity index (χ0v) is 15.2. The molecule has 0 saturated heterocycles. The molecule has 1 aliphatic heterocycles. The van der Waals surface area contributed by atoms with Gasteiger partial charge in [0.25, 0.3) is 5.91 Å². The zero-order valence-electron chi connectivity index (χ0n) is 15.2. The molecule has 1 amide bonds. The summed E-state index contributed by atoms with van der Waals surface area (Å²) >= 11 is 0. The number of hydrogen-bond acceptors (Lipinski definition) is 5. The number of hydrogen-bond donors (Lipinski definition) is 0. The molecule has 0 spiro atoms. The smallest absolute Gasteiger partial charge is 0.277 e. The van der Waals surface area contributed by atoms with Crippen LogP contribution in [-0.2, 0) is 12.8 Å². The first-order valence-electron chi connectivity index (χ1n) is 9.04. The summed E-state index contributed by atoms with van der Waals surface area (Å²) in [5, 5.41) is 0. The van der Waals surface area contributed by atoms with Crippen molar-refractivity contribution in [3.05, 3.63) is 78.0 Å². The standard InChI is InChI=1S/C21H21N5O/c1-25(12-8-16-6-10-22-11-7-16)20-14-18(23-15-24-20)21(27)26-13-9-17-4-2-3-5-19(17)26/h2-7,10-11,14-15H,8-9,12-13H2,1H3. The highest BCUT2D eigenvalue weighted by Crippen LogP contribution is 2.28. The summed E-state index contributed by atoms with van der Waals surface area (Å²) in [5.74, 6) is 0.668. The Balaban J connectivity index is 1.48. The Kier molecular flexibility index (Phi) is 4.78. The van der Waals surface area contributed by atoms with E-state index >= 15 is 0 Å². The number of carbonyl (C=O) groups excluding carboxylic acids is 1. The highest BCUT2D eigenvalue weighted by Gasteiger charge is 2.26. The van der Waals surface area contributed by atoms with E-state index in [1.165, 1.54) is 17.5 Å². The molecule has 1 aliphatic rings. The molecule has 3 aromatic rings. The van der Waals surface area contributed by atoms with Crippen LogP contribution < -0.4 is 9.80 Å². The van der Waals surface area contributed by atoms with Gasteiger partial charge < -0.3 is 9.80 Å². The van der Waals surface area contributed by atoms with Crippen molar-refractivity contribution in [2.24, 2.45) is 0 Å². The molecule has 0 saturated carbocycles. The quantitative estimate of drug-likeness (QED) is 0.701. The van der Waals surface area contributed by atoms with Crippen LogP contribution in [0.3, 0.4) is 0 Å². The molecule has 0 N–H and O–H groups in total. The first kappa shape index (κ1) is 17.1. The minimum Gasteiger partial charge on any atom is -0.359 e. The maximum absolute atomic E-state index is 13.0. The molecule has 2 aromatic heterocycles. The van der Waals surface area contributed by atoms with Gasteiger partial charge in [0.05, 0.1) is 0 Å². The lowest BCUT2D eigenvalue weighted by atomic mass is 10.2. The number of anilines is 2. The van der Waals surface area contributed by atoms with E-state index in [9.17, 15) is 4.79 Å². The van der Waals surface area contributed by atoms with Crippen LogP contribution in [0.15, 0.2) is 61.2 Å². The highest BCUT2D eigenvalue weighted by molar-refractivity contribution is 6.06. The zero-order chi connectivity index (χ0) is 18.6. The Bertz CT molecular complexity index is 944. The molecule has 6 nitrogen and oxygen atoms in total. The van der Waals surface area contributed by atoms with Crippen LogP contribution in [0.25, 0.3) is 0 Å². The molecule has 6 heteroatoms. The van der Waals surface area contributed by atoms with Gasteiger partial charge in [-0.3, -0.25) is 9.78 Å². The second-order valence-electron chi connectivity index (χ2n) is 6.62. The lowest BCUT2D eigenvalue weighted by molar-refractivity contribution is 0.0984. The van der Waals surface area contributed by atoms with E-state index in [1.54, 1.807) is 23.4 Å². The SMILES string of the molecule is CN(CCc1ccncc1)c1cc(C(=O)N2CCc3ccccc32)ncn1. The Labute approximate surface area is 158 Å². The molecule has 0 radical (unpaired) electrons. The van der Waals surface area contributed by atoms with Gasteiger partial charge in [-0.2, -0.15) is 0 Å². The van der Waals surface area contributed by atoms with Crippen LogP contribution in [0.1, 0.15) is 21.6 Å². The topological polar surface area (TPSA) is 62.2 Å². The molecule has 27 heavy (non-hydrogen) atoms. The minimum atomic E-state index is -0.0777. The molecule has 0 atom stereocenters. The van der Waals surface area contributed by atoms with Crippen molar-refractivity contribution < 1.29 is 4.79 Å². The number of pyridine rings is 1. The number of likely N-dealkylation sites (N-methyl/N-ethyl adjacent to an activating group) is 1. The number of amides is 1. The lowest BCUT2D eigenvalue weighted by Gasteiger charge is -2.20. The van der Waals surface area contributed by atoms with Crippen molar-refractivity contribution in [2.75, 3.05) is 29.9 Å². The van der Waals surface area contributed by atoms with Gasteiger partial charge in [0, 0.05) is 44.3 Å². The van der Waals surface area contributed by atoms with E-state index in [2.05, 4.69) is 21.0 Å². The number of carbonyl (C=O) groups is 1. The normalized spacial score (nSPS) is 12.7. The molecular weight excluding hydrogens is 338 g/mol. The second-order valence-corrected chi connectivity index (χ2v) is 6.62. The maximum Gasteiger partial charge on any atom is 0.277 e. The van der Waals surface area contributed by atoms with Crippen molar-refractivity contribution in [3.63, 3.8) is 0 Å². The fraction of sp³-hybridized carbons (Fsp3) is 0.238. The lowest BCUT2D eigenvalue weighted by Crippen LogP contribution is -2.30. The molecule has 1 aromatic carbocycles. The van der Waals surface area contributed by atoms with Gasteiger partial charge in [-0.1, -0.05) is 18.2 Å². The summed E-state index contributed by atoms with van der Waals surface area (Å²) in [7, 11) is 1.98. The summed E-state index contributed by atoms with van der Waals surface area (Å²) in [6.07, 6.45) is 6.82. The highest BCUT2D eigenvalue weighted by atomic mass is 16.2. The van der Waals surface area contributed by atoms with Crippen molar-refractivity contribution in [2.45, 2.75) is 12.8 Å². The third-order valence-electron chi connectivity index (χ3n) is 4.88. The van der Waals surface area contributed by atoms with E-state index < -0.39 is 0 Å². The fourth-order valence-corrected chi connectivity index (χ4v) is 3.32. The Morgan fingerprint density at radius 2 is 1.96 bits per heavy atom. The largest absolute Gasteiger partial charge is 0.359 e. The van der Waals surface area contributed by atoms with E-state index in [1.807, 2.05) is 42.3 Å². The van der Waals surface area contributed by atoms with Crippen LogP contribution in [-0.4, -0.2) is 41.0 Å². The molecule has 0 fully saturated rings. The second kappa shape index (κ2) is 7.53. The van der Waals surface area contributed by atoms with E-state index in [0.29, 0.717) is 12.2 Å². The van der Waals surface area contributed by atoms with Crippen LogP contribution in [0, 0.1) is 0 Å². The Hall–Kier alpha value is -3.28. The Morgan fingerprint density at radius 3 is 2.81 bits per heavy atom. The van der Waals surface area contributed by atoms with Gasteiger partial charge in [-0.05, 0) is 42.2 Å². The van der Waals surface area contributed by atoms with Gasteiger partial charge in [-0.15, -0.1) is 0 Å². The van der Waals surface area contributed by atoms with Crippen molar-refractivity contribution in [1.29, 1.82) is 0 Å². The van der Waals surface area contributed by atoms with Crippen molar-refractivity contribution >= 4 is 17.4 Å². The van der Waals surface area contributed by atoms with Crippen molar-refractivity contribution in [1.82, 2.24) is 15.0 Å². The molecule has 0 unspecified atom stereocenters. The maximum atomic E-state index is 13.0. The predicted molar refractivity (Wildman–Crippen MR) is 105 cm³/mol. The molecule has 0 bridgehead atoms. The average Bonchev–Trinajstić information content (AvgIpc) is 3.16. The monoisotopic (exact) mass is 359 g/mol. The summed E-state index contributed by atoms with van der Waals surface area (Å²) < 4.78 is 0. The van der Waals surface area contributed by atoms with E-state index in [-0.39, 0.29) is 5.91 Å². The summed E-state index contributed by atoms with van der Waals surface area (Å²) in [4.78, 5) is 29.4. The minimum absolute atomic E-state index is 0.0777. The van der Waals surface area contributed by atoms with Gasteiger partial charge in [0.15, 0.2) is 0 Å². The fourth-order valence-electron chi connectivity index (χ4n) is 3.32. The molecular formula is C21H21N5O. The van der Waals surface area contributed by atoms with Crippen LogP contribution in [0.5, 0.6) is 0 Å². The Morgan fingerprint density at radius 1 is 1.15 bits per heavy atom. The van der Waals surface area contributed by atoms with E-state index in [0.717, 1.165) is 30.9 Å². The number of para-hydroxylation sites is 1. The summed E-state index contributed by atoms with van der Waals surface area (Å²) in [5.41, 5.74) is 3.83. The van der Waals surface area contributed by atoms with Gasteiger partial charge in [0.2, 0.25) is 0 Å². The summed E-state index contributed by atoms with van der Waals surface area (Å²) in [6, 6.07) is 13.8. The van der Waals surface area contributed by atoms with Gasteiger partial charge in [-0.25, -0.2) is 9.97 Å². The predicted octanol–water partition coefficient (Wildman–Crippen LogP) is 2.75. The molecule has 0 aliphatic carbocycles. The van der Waals surface area contributed by atoms with E-state index in [4.69, 9.17) is 0 Å². The number of aromatic nitrogens is 3. The molecule has 4 rings (SSSR count). The first-order valence-corrected chi connectivity index (χ1v) is 9.04. The summed E-state index contributed by atoms with van der Waals surface area (Å²) in [6.45, 7) is 1.48. The first-order chi connectivity index (χ1) is 13.2. The number of fused-ring (bicyclic) bond motifs is 1. The third-order valence-corrected chi connectivity index (χ3v) is 4.88. The molecule has 136 valence electrons. The van der Waals surface area contributed by atoms with Crippen LogP contribution >= 0.6 is 0 Å². The van der Waals surface area contributed by atoms with Crippen molar-refractivity contribution in [3.8, 4) is 0 Å². The van der Waals surface area contributed by atoms with Crippen LogP contribution in [0.2, 0.25) is 0 Å². The van der Waals surface area contributed by atoms with Gasteiger partial charge >= 0.3 is 0 Å². The number of nitrogens with zero attached hydrogens (tertiary/aromatic N) is 5. The molecule has 3 heterocycles. The number of benzene rings is 1. The van der Waals surface area contributed by atoms with Crippen LogP contribution in [0.4, 0.5) is 11.5 Å². The number of rotatable bonds is 5. The third kappa shape index (κ3) is 3.65. The average molecular weight is 359 g/mol.